The molecule has 118 valence electrons. The average Bonchev–Trinajstić information content (AvgIpc) is 3.04. The third-order valence-electron chi connectivity index (χ3n) is 4.09. The summed E-state index contributed by atoms with van der Waals surface area (Å²) in [6, 6.07) is 18.2. The average molecular weight is 334 g/mol. The Morgan fingerprint density at radius 2 is 1.71 bits per heavy atom. The van der Waals surface area contributed by atoms with Crippen LogP contribution in [0.15, 0.2) is 73.2 Å². The lowest BCUT2D eigenvalue weighted by Crippen LogP contribution is -1.97. The van der Waals surface area contributed by atoms with Gasteiger partial charge in [0, 0.05) is 23.0 Å². The molecule has 2 heterocycles. The monoisotopic (exact) mass is 333 g/mol. The van der Waals surface area contributed by atoms with Crippen LogP contribution in [0.4, 0.5) is 0 Å². The summed E-state index contributed by atoms with van der Waals surface area (Å²) in [4.78, 5) is 4.62. The second-order valence-electron chi connectivity index (χ2n) is 5.78. The number of fused-ring (bicyclic) bond motifs is 1. The molecule has 2 aromatic carbocycles. The molecule has 4 rings (SSSR count). The Morgan fingerprint density at radius 1 is 0.875 bits per heavy atom. The van der Waals surface area contributed by atoms with E-state index < -0.39 is 0 Å². The Labute approximate surface area is 145 Å². The van der Waals surface area contributed by atoms with Crippen molar-refractivity contribution in [2.24, 2.45) is 0 Å². The molecule has 0 aliphatic rings. The van der Waals surface area contributed by atoms with Gasteiger partial charge in [-0.1, -0.05) is 54.1 Å². The van der Waals surface area contributed by atoms with E-state index in [9.17, 15) is 0 Å². The van der Waals surface area contributed by atoms with Crippen molar-refractivity contribution < 1.29 is 0 Å². The van der Waals surface area contributed by atoms with Crippen molar-refractivity contribution in [2.45, 2.75) is 12.8 Å². The molecule has 0 aliphatic heterocycles. The van der Waals surface area contributed by atoms with Crippen molar-refractivity contribution in [3.63, 3.8) is 0 Å². The minimum Gasteiger partial charge on any atom is -0.236 e. The van der Waals surface area contributed by atoms with Gasteiger partial charge in [-0.25, -0.2) is 9.50 Å². The van der Waals surface area contributed by atoms with Crippen LogP contribution in [0.2, 0.25) is 5.02 Å². The molecule has 0 N–H and O–H groups in total. The maximum atomic E-state index is 6.09. The van der Waals surface area contributed by atoms with E-state index in [0.717, 1.165) is 29.6 Å². The van der Waals surface area contributed by atoms with Crippen LogP contribution in [0.25, 0.3) is 16.8 Å². The number of rotatable bonds is 4. The summed E-state index contributed by atoms with van der Waals surface area (Å²) in [5.74, 6) is 0. The second-order valence-corrected chi connectivity index (χ2v) is 6.22. The van der Waals surface area contributed by atoms with Gasteiger partial charge in [0.2, 0.25) is 0 Å². The standard InChI is InChI=1S/C20H16ClN3/c21-18-8-4-7-17(11-18)19-13-23-24-14-16(12-22-20(19)24)10-9-15-5-2-1-3-6-15/h1-8,11-14H,9-10H2. The summed E-state index contributed by atoms with van der Waals surface area (Å²) in [7, 11) is 0. The van der Waals surface area contributed by atoms with Gasteiger partial charge in [0.05, 0.1) is 6.20 Å². The van der Waals surface area contributed by atoms with Gasteiger partial charge in [-0.15, -0.1) is 0 Å². The number of hydrogen-bond donors (Lipinski definition) is 0. The third kappa shape index (κ3) is 3.03. The normalized spacial score (nSPS) is 11.0. The van der Waals surface area contributed by atoms with Crippen LogP contribution >= 0.6 is 11.6 Å². The highest BCUT2D eigenvalue weighted by atomic mass is 35.5. The number of benzene rings is 2. The molecular formula is C20H16ClN3. The van der Waals surface area contributed by atoms with E-state index >= 15 is 0 Å². The molecule has 0 saturated heterocycles. The van der Waals surface area contributed by atoms with E-state index in [1.54, 1.807) is 0 Å². The molecular weight excluding hydrogens is 318 g/mol. The Kier molecular flexibility index (Phi) is 4.01. The Morgan fingerprint density at radius 3 is 2.54 bits per heavy atom. The lowest BCUT2D eigenvalue weighted by molar-refractivity contribution is 0.880. The van der Waals surface area contributed by atoms with E-state index in [-0.39, 0.29) is 0 Å². The van der Waals surface area contributed by atoms with Gasteiger partial charge in [0.25, 0.3) is 0 Å². The van der Waals surface area contributed by atoms with E-state index in [0.29, 0.717) is 5.02 Å². The number of halogens is 1. The van der Waals surface area contributed by atoms with Crippen LogP contribution in [0, 0.1) is 0 Å². The van der Waals surface area contributed by atoms with E-state index in [4.69, 9.17) is 11.6 Å². The number of aromatic nitrogens is 3. The number of hydrogen-bond acceptors (Lipinski definition) is 2. The molecule has 0 atom stereocenters. The van der Waals surface area contributed by atoms with Gasteiger partial charge < -0.3 is 0 Å². The van der Waals surface area contributed by atoms with E-state index in [2.05, 4.69) is 40.5 Å². The molecule has 0 radical (unpaired) electrons. The van der Waals surface area contributed by atoms with E-state index in [1.165, 1.54) is 11.1 Å². The molecule has 24 heavy (non-hydrogen) atoms. The lowest BCUT2D eigenvalue weighted by atomic mass is 10.1. The summed E-state index contributed by atoms with van der Waals surface area (Å²) >= 11 is 6.09. The fraction of sp³-hybridized carbons (Fsp3) is 0.100. The minimum absolute atomic E-state index is 0.714. The Bertz CT molecular complexity index is 977. The predicted molar refractivity (Wildman–Crippen MR) is 97.3 cm³/mol. The molecule has 0 spiro atoms. The largest absolute Gasteiger partial charge is 0.236 e. The maximum Gasteiger partial charge on any atom is 0.162 e. The lowest BCUT2D eigenvalue weighted by Gasteiger charge is -2.04. The first-order chi connectivity index (χ1) is 11.8. The number of nitrogens with zero attached hydrogens (tertiary/aromatic N) is 3. The van der Waals surface area contributed by atoms with Crippen molar-refractivity contribution in [2.75, 3.05) is 0 Å². The highest BCUT2D eigenvalue weighted by Crippen LogP contribution is 2.25. The number of aryl methyl sites for hydroxylation is 2. The Hall–Kier alpha value is -2.65. The van der Waals surface area contributed by atoms with Crippen molar-refractivity contribution in [1.82, 2.24) is 14.6 Å². The minimum atomic E-state index is 0.714. The van der Waals surface area contributed by atoms with Crippen LogP contribution in [-0.2, 0) is 12.8 Å². The van der Waals surface area contributed by atoms with E-state index in [1.807, 2.05) is 47.2 Å². The summed E-state index contributed by atoms with van der Waals surface area (Å²) in [6.45, 7) is 0. The predicted octanol–water partition coefficient (Wildman–Crippen LogP) is 4.83. The molecule has 0 fully saturated rings. The van der Waals surface area contributed by atoms with Gasteiger partial charge in [-0.2, -0.15) is 5.10 Å². The molecule has 0 amide bonds. The highest BCUT2D eigenvalue weighted by Gasteiger charge is 2.09. The maximum absolute atomic E-state index is 6.09. The quantitative estimate of drug-likeness (QED) is 0.535. The van der Waals surface area contributed by atoms with Crippen LogP contribution in [0.1, 0.15) is 11.1 Å². The van der Waals surface area contributed by atoms with Crippen LogP contribution in [0.3, 0.4) is 0 Å². The highest BCUT2D eigenvalue weighted by molar-refractivity contribution is 6.30. The second kappa shape index (κ2) is 6.46. The van der Waals surface area contributed by atoms with Crippen LogP contribution in [-0.4, -0.2) is 14.6 Å². The van der Waals surface area contributed by atoms with Crippen molar-refractivity contribution >= 4 is 17.2 Å². The molecule has 3 nitrogen and oxygen atoms in total. The van der Waals surface area contributed by atoms with Crippen LogP contribution < -0.4 is 0 Å². The molecule has 0 bridgehead atoms. The molecule has 0 unspecified atom stereocenters. The summed E-state index contributed by atoms with van der Waals surface area (Å²) in [5.41, 5.74) is 5.37. The third-order valence-corrected chi connectivity index (χ3v) is 4.33. The van der Waals surface area contributed by atoms with Crippen molar-refractivity contribution in [3.05, 3.63) is 89.3 Å². The first-order valence-electron chi connectivity index (χ1n) is 7.92. The van der Waals surface area contributed by atoms with Crippen molar-refractivity contribution in [1.29, 1.82) is 0 Å². The molecule has 0 saturated carbocycles. The van der Waals surface area contributed by atoms with Gasteiger partial charge in [0.1, 0.15) is 0 Å². The first-order valence-corrected chi connectivity index (χ1v) is 8.29. The van der Waals surface area contributed by atoms with Gasteiger partial charge in [-0.05, 0) is 41.7 Å². The molecule has 0 aliphatic carbocycles. The Balaban J connectivity index is 1.61. The molecule has 2 aromatic heterocycles. The van der Waals surface area contributed by atoms with Gasteiger partial charge >= 0.3 is 0 Å². The topological polar surface area (TPSA) is 30.2 Å². The summed E-state index contributed by atoms with van der Waals surface area (Å²) in [6.07, 6.45) is 7.78. The first kappa shape index (κ1) is 14.9. The van der Waals surface area contributed by atoms with Crippen molar-refractivity contribution in [3.8, 4) is 11.1 Å². The fourth-order valence-electron chi connectivity index (χ4n) is 2.84. The zero-order valence-electron chi connectivity index (χ0n) is 13.1. The zero-order valence-corrected chi connectivity index (χ0v) is 13.8. The molecule has 4 heteroatoms. The fourth-order valence-corrected chi connectivity index (χ4v) is 3.03. The summed E-state index contributed by atoms with van der Waals surface area (Å²) in [5, 5.41) is 5.17. The summed E-state index contributed by atoms with van der Waals surface area (Å²) < 4.78 is 1.84. The van der Waals surface area contributed by atoms with Gasteiger partial charge in [0.15, 0.2) is 5.65 Å². The SMILES string of the molecule is Clc1cccc(-c2cnn3cc(CCc4ccccc4)cnc23)c1. The van der Waals surface area contributed by atoms with Gasteiger partial charge in [-0.3, -0.25) is 0 Å². The zero-order chi connectivity index (χ0) is 16.4. The molecule has 4 aromatic rings. The smallest absolute Gasteiger partial charge is 0.162 e. The van der Waals surface area contributed by atoms with Crippen LogP contribution in [0.5, 0.6) is 0 Å².